The van der Waals surface area contributed by atoms with E-state index in [0.717, 1.165) is 22.0 Å². The maximum absolute atomic E-state index is 8.77. The van der Waals surface area contributed by atoms with Crippen LogP contribution in [0.1, 0.15) is 11.3 Å². The van der Waals surface area contributed by atoms with Gasteiger partial charge in [-0.2, -0.15) is 5.26 Å². The van der Waals surface area contributed by atoms with Gasteiger partial charge in [0.2, 0.25) is 0 Å². The van der Waals surface area contributed by atoms with Crippen molar-refractivity contribution in [3.63, 3.8) is 0 Å². The van der Waals surface area contributed by atoms with E-state index in [1.807, 2.05) is 67.7 Å². The molecule has 4 aromatic rings. The summed E-state index contributed by atoms with van der Waals surface area (Å²) >= 11 is 0. The standard InChI is InChI=1S/C11H8N2.C9H7N/c1-8-6-9-4-2-3-5-10(9)13-11(8)7-12;1-2-6-9-8(4-1)5-3-7-10-9/h2-6H,1H3;1-7H. The van der Waals surface area contributed by atoms with Crippen LogP contribution in [-0.4, -0.2) is 9.97 Å². The van der Waals surface area contributed by atoms with Gasteiger partial charge in [-0.1, -0.05) is 42.5 Å². The summed E-state index contributed by atoms with van der Waals surface area (Å²) in [4.78, 5) is 8.41. The van der Waals surface area contributed by atoms with Crippen LogP contribution in [-0.2, 0) is 0 Å². The lowest BCUT2D eigenvalue weighted by Crippen LogP contribution is -1.88. The third-order valence-electron chi connectivity index (χ3n) is 3.53. The predicted octanol–water partition coefficient (Wildman–Crippen LogP) is 4.65. The number of benzene rings is 2. The fraction of sp³-hybridized carbons (Fsp3) is 0.0500. The highest BCUT2D eigenvalue weighted by atomic mass is 14.7. The average molecular weight is 297 g/mol. The van der Waals surface area contributed by atoms with E-state index in [4.69, 9.17) is 5.26 Å². The van der Waals surface area contributed by atoms with Gasteiger partial charge in [0.05, 0.1) is 11.0 Å². The molecule has 0 aliphatic heterocycles. The summed E-state index contributed by atoms with van der Waals surface area (Å²) in [7, 11) is 0. The van der Waals surface area contributed by atoms with Crippen molar-refractivity contribution >= 4 is 21.8 Å². The monoisotopic (exact) mass is 297 g/mol. The normalized spacial score (nSPS) is 9.91. The summed E-state index contributed by atoms with van der Waals surface area (Å²) in [6.07, 6.45) is 1.81. The second-order valence-electron chi connectivity index (χ2n) is 5.15. The first-order valence-corrected chi connectivity index (χ1v) is 7.34. The van der Waals surface area contributed by atoms with E-state index in [1.165, 1.54) is 5.39 Å². The molecule has 23 heavy (non-hydrogen) atoms. The quantitative estimate of drug-likeness (QED) is 0.474. The number of hydrogen-bond donors (Lipinski definition) is 0. The molecule has 0 aliphatic rings. The van der Waals surface area contributed by atoms with Crippen LogP contribution < -0.4 is 0 Å². The zero-order valence-electron chi connectivity index (χ0n) is 12.8. The van der Waals surface area contributed by atoms with Crippen molar-refractivity contribution in [2.45, 2.75) is 6.92 Å². The van der Waals surface area contributed by atoms with E-state index < -0.39 is 0 Å². The van der Waals surface area contributed by atoms with Crippen molar-refractivity contribution in [3.05, 3.63) is 84.2 Å². The third-order valence-corrected chi connectivity index (χ3v) is 3.53. The Morgan fingerprint density at radius 3 is 2.22 bits per heavy atom. The van der Waals surface area contributed by atoms with Crippen LogP contribution in [0.5, 0.6) is 0 Å². The van der Waals surface area contributed by atoms with Gasteiger partial charge in [-0.3, -0.25) is 4.98 Å². The van der Waals surface area contributed by atoms with Crippen molar-refractivity contribution in [1.29, 1.82) is 5.26 Å². The zero-order chi connectivity index (χ0) is 16.1. The molecule has 0 N–H and O–H groups in total. The van der Waals surface area contributed by atoms with Crippen molar-refractivity contribution < 1.29 is 0 Å². The number of pyridine rings is 2. The zero-order valence-corrected chi connectivity index (χ0v) is 12.8. The summed E-state index contributed by atoms with van der Waals surface area (Å²) < 4.78 is 0. The first-order valence-electron chi connectivity index (χ1n) is 7.34. The van der Waals surface area contributed by atoms with Gasteiger partial charge < -0.3 is 0 Å². The number of rotatable bonds is 0. The fourth-order valence-electron chi connectivity index (χ4n) is 2.35. The molecule has 0 radical (unpaired) electrons. The second kappa shape index (κ2) is 6.67. The first-order chi connectivity index (χ1) is 11.3. The van der Waals surface area contributed by atoms with E-state index in [0.29, 0.717) is 5.69 Å². The summed E-state index contributed by atoms with van der Waals surface area (Å²) in [5.74, 6) is 0. The van der Waals surface area contributed by atoms with Crippen LogP contribution >= 0.6 is 0 Å². The van der Waals surface area contributed by atoms with Gasteiger partial charge in [0.25, 0.3) is 0 Å². The Hall–Kier alpha value is -3.25. The Morgan fingerprint density at radius 2 is 1.48 bits per heavy atom. The van der Waals surface area contributed by atoms with Crippen LogP contribution in [0.4, 0.5) is 0 Å². The topological polar surface area (TPSA) is 49.6 Å². The number of aromatic nitrogens is 2. The Bertz CT molecular complexity index is 935. The van der Waals surface area contributed by atoms with E-state index in [2.05, 4.69) is 28.2 Å². The SMILES string of the molecule is Cc1cc2ccccc2nc1C#N.c1ccc2ncccc2c1. The van der Waals surface area contributed by atoms with Crippen molar-refractivity contribution in [2.24, 2.45) is 0 Å². The molecule has 0 atom stereocenters. The lowest BCUT2D eigenvalue weighted by molar-refractivity contribution is 1.26. The molecule has 2 aromatic carbocycles. The van der Waals surface area contributed by atoms with Gasteiger partial charge in [-0.25, -0.2) is 4.98 Å². The van der Waals surface area contributed by atoms with Gasteiger partial charge in [0, 0.05) is 17.0 Å². The van der Waals surface area contributed by atoms with E-state index in [9.17, 15) is 0 Å². The Kier molecular flexibility index (Phi) is 4.26. The van der Waals surface area contributed by atoms with Crippen LogP contribution in [0.3, 0.4) is 0 Å². The smallest absolute Gasteiger partial charge is 0.144 e. The third kappa shape index (κ3) is 3.33. The molecule has 3 nitrogen and oxygen atoms in total. The molecular weight excluding hydrogens is 282 g/mol. The molecular formula is C20H15N3. The second-order valence-corrected chi connectivity index (χ2v) is 5.15. The van der Waals surface area contributed by atoms with Gasteiger partial charge in [0.15, 0.2) is 0 Å². The molecule has 110 valence electrons. The molecule has 0 unspecified atom stereocenters. The Labute approximate surface area is 134 Å². The molecule has 3 heteroatoms. The predicted molar refractivity (Wildman–Crippen MR) is 92.9 cm³/mol. The molecule has 0 amide bonds. The lowest BCUT2D eigenvalue weighted by Gasteiger charge is -1.99. The minimum Gasteiger partial charge on any atom is -0.256 e. The highest BCUT2D eigenvalue weighted by molar-refractivity contribution is 5.80. The molecule has 0 aliphatic carbocycles. The molecule has 2 heterocycles. The number of para-hydroxylation sites is 2. The van der Waals surface area contributed by atoms with Gasteiger partial charge >= 0.3 is 0 Å². The number of nitriles is 1. The first kappa shape index (κ1) is 14.7. The van der Waals surface area contributed by atoms with E-state index >= 15 is 0 Å². The number of fused-ring (bicyclic) bond motifs is 2. The molecule has 0 fully saturated rings. The van der Waals surface area contributed by atoms with Gasteiger partial charge in [0.1, 0.15) is 11.8 Å². The minimum atomic E-state index is 0.513. The molecule has 0 saturated carbocycles. The number of nitrogens with zero attached hydrogens (tertiary/aromatic N) is 3. The van der Waals surface area contributed by atoms with Crippen molar-refractivity contribution in [3.8, 4) is 6.07 Å². The van der Waals surface area contributed by atoms with Crippen LogP contribution in [0.15, 0.2) is 72.9 Å². The summed E-state index contributed by atoms with van der Waals surface area (Å²) in [6.45, 7) is 1.90. The molecule has 2 aromatic heterocycles. The van der Waals surface area contributed by atoms with E-state index in [-0.39, 0.29) is 0 Å². The summed E-state index contributed by atoms with van der Waals surface area (Å²) in [5, 5.41) is 11.0. The van der Waals surface area contributed by atoms with Crippen LogP contribution in [0, 0.1) is 18.3 Å². The highest BCUT2D eigenvalue weighted by Crippen LogP contribution is 2.15. The lowest BCUT2D eigenvalue weighted by atomic mass is 10.1. The number of aryl methyl sites for hydroxylation is 1. The molecule has 4 rings (SSSR count). The molecule has 0 spiro atoms. The van der Waals surface area contributed by atoms with Crippen LogP contribution in [0.2, 0.25) is 0 Å². The minimum absolute atomic E-state index is 0.513. The fourth-order valence-corrected chi connectivity index (χ4v) is 2.35. The summed E-state index contributed by atoms with van der Waals surface area (Å²) in [5.41, 5.74) is 3.38. The van der Waals surface area contributed by atoms with Crippen molar-refractivity contribution in [2.75, 3.05) is 0 Å². The van der Waals surface area contributed by atoms with Gasteiger partial charge in [-0.05, 0) is 36.8 Å². The van der Waals surface area contributed by atoms with Crippen LogP contribution in [0.25, 0.3) is 21.8 Å². The highest BCUT2D eigenvalue weighted by Gasteiger charge is 2.00. The molecule has 0 saturated heterocycles. The van der Waals surface area contributed by atoms with E-state index in [1.54, 1.807) is 0 Å². The largest absolute Gasteiger partial charge is 0.256 e. The molecule has 0 bridgehead atoms. The average Bonchev–Trinajstić information content (AvgIpc) is 2.62. The summed E-state index contributed by atoms with van der Waals surface area (Å²) in [6, 6.07) is 23.9. The van der Waals surface area contributed by atoms with Crippen molar-refractivity contribution in [1.82, 2.24) is 9.97 Å². The Balaban J connectivity index is 0.000000140. The number of hydrogen-bond acceptors (Lipinski definition) is 3. The Morgan fingerprint density at radius 1 is 0.826 bits per heavy atom. The maximum atomic E-state index is 8.77. The maximum Gasteiger partial charge on any atom is 0.144 e. The van der Waals surface area contributed by atoms with Gasteiger partial charge in [-0.15, -0.1) is 0 Å².